The van der Waals surface area contributed by atoms with E-state index < -0.39 is 0 Å². The number of nitrogens with one attached hydrogen (secondary N) is 2. The Morgan fingerprint density at radius 2 is 1.95 bits per heavy atom. The van der Waals surface area contributed by atoms with E-state index in [2.05, 4.69) is 10.6 Å². The van der Waals surface area contributed by atoms with Gasteiger partial charge in [-0.3, -0.25) is 14.9 Å². The first-order valence-electron chi connectivity index (χ1n) is 7.14. The molecule has 2 aliphatic rings. The van der Waals surface area contributed by atoms with E-state index in [-0.39, 0.29) is 17.9 Å². The molecule has 0 saturated carbocycles. The molecular weight excluding hydrogens is 262 g/mol. The Balaban J connectivity index is 1.63. The average molecular weight is 285 g/mol. The van der Waals surface area contributed by atoms with Gasteiger partial charge in [-0.25, -0.2) is 0 Å². The van der Waals surface area contributed by atoms with Crippen molar-refractivity contribution < 1.29 is 9.59 Å². The second kappa shape index (κ2) is 7.75. The predicted octanol–water partition coefficient (Wildman–Crippen LogP) is 0.558. The molecule has 0 bridgehead atoms. The molecule has 2 aliphatic heterocycles. The monoisotopic (exact) mass is 285 g/mol. The van der Waals surface area contributed by atoms with Crippen LogP contribution < -0.4 is 10.6 Å². The van der Waals surface area contributed by atoms with Gasteiger partial charge in [-0.05, 0) is 12.8 Å². The highest BCUT2D eigenvalue weighted by Gasteiger charge is 2.22. The van der Waals surface area contributed by atoms with Crippen LogP contribution in [0.1, 0.15) is 32.1 Å². The highest BCUT2D eigenvalue weighted by molar-refractivity contribution is 7.99. The van der Waals surface area contributed by atoms with Crippen molar-refractivity contribution in [2.45, 2.75) is 38.1 Å². The van der Waals surface area contributed by atoms with Crippen LogP contribution in [0.15, 0.2) is 0 Å². The molecule has 0 aliphatic carbocycles. The summed E-state index contributed by atoms with van der Waals surface area (Å²) in [7, 11) is 0. The zero-order valence-corrected chi connectivity index (χ0v) is 12.1. The van der Waals surface area contributed by atoms with Crippen molar-refractivity contribution in [3.8, 4) is 0 Å². The molecule has 6 heteroatoms. The Bertz CT molecular complexity index is 311. The molecule has 0 spiro atoms. The van der Waals surface area contributed by atoms with Crippen LogP contribution in [-0.2, 0) is 9.59 Å². The maximum atomic E-state index is 12.0. The quantitative estimate of drug-likeness (QED) is 0.792. The molecular formula is C13H23N3O2S. The van der Waals surface area contributed by atoms with Crippen molar-refractivity contribution in [2.24, 2.45) is 0 Å². The number of carbonyl (C=O) groups is 2. The van der Waals surface area contributed by atoms with Gasteiger partial charge in [0.1, 0.15) is 0 Å². The molecule has 5 nitrogen and oxygen atoms in total. The summed E-state index contributed by atoms with van der Waals surface area (Å²) in [6, 6.07) is -0.0849. The Labute approximate surface area is 118 Å². The molecule has 2 saturated heterocycles. The van der Waals surface area contributed by atoms with Crippen LogP contribution >= 0.6 is 11.8 Å². The number of hydrogen-bond donors (Lipinski definition) is 2. The number of hydrogen-bond acceptors (Lipinski definition) is 4. The second-order valence-electron chi connectivity index (χ2n) is 5.11. The standard InChI is InChI=1S/C13H23N3O2S/c17-12(16-7-3-1-2-4-8-16)5-6-14-13(18)11-9-19-10-15-11/h11,15H,1-10H2,(H,14,18). The minimum atomic E-state index is -0.0849. The summed E-state index contributed by atoms with van der Waals surface area (Å²) in [4.78, 5) is 25.7. The third kappa shape index (κ3) is 4.69. The normalized spacial score (nSPS) is 24.0. The molecule has 0 aromatic heterocycles. The SMILES string of the molecule is O=C(NCCC(=O)N1CCCCCC1)C1CSCN1. The zero-order valence-electron chi connectivity index (χ0n) is 11.3. The van der Waals surface area contributed by atoms with Gasteiger partial charge in [0.05, 0.1) is 6.04 Å². The van der Waals surface area contributed by atoms with Crippen LogP contribution in [0.5, 0.6) is 0 Å². The van der Waals surface area contributed by atoms with Crippen LogP contribution in [0, 0.1) is 0 Å². The van der Waals surface area contributed by atoms with Gasteiger partial charge in [-0.1, -0.05) is 12.8 Å². The second-order valence-corrected chi connectivity index (χ2v) is 6.14. The Morgan fingerprint density at radius 1 is 1.21 bits per heavy atom. The maximum absolute atomic E-state index is 12.0. The highest BCUT2D eigenvalue weighted by Crippen LogP contribution is 2.11. The van der Waals surface area contributed by atoms with Crippen molar-refractivity contribution in [1.29, 1.82) is 0 Å². The van der Waals surface area contributed by atoms with E-state index >= 15 is 0 Å². The molecule has 0 aromatic rings. The van der Waals surface area contributed by atoms with E-state index in [9.17, 15) is 9.59 Å². The van der Waals surface area contributed by atoms with Gasteiger partial charge in [0.2, 0.25) is 11.8 Å². The van der Waals surface area contributed by atoms with Gasteiger partial charge in [-0.15, -0.1) is 11.8 Å². The molecule has 2 amide bonds. The van der Waals surface area contributed by atoms with E-state index in [4.69, 9.17) is 0 Å². The summed E-state index contributed by atoms with van der Waals surface area (Å²) in [5.41, 5.74) is 0. The van der Waals surface area contributed by atoms with Crippen LogP contribution in [-0.4, -0.2) is 54.0 Å². The average Bonchev–Trinajstić information content (AvgIpc) is 2.81. The summed E-state index contributed by atoms with van der Waals surface area (Å²) < 4.78 is 0. The fourth-order valence-electron chi connectivity index (χ4n) is 2.46. The van der Waals surface area contributed by atoms with Gasteiger partial charge >= 0.3 is 0 Å². The number of amides is 2. The molecule has 2 N–H and O–H groups in total. The number of thioether (sulfide) groups is 1. The van der Waals surface area contributed by atoms with Crippen molar-refractivity contribution in [3.05, 3.63) is 0 Å². The van der Waals surface area contributed by atoms with Crippen LogP contribution in [0.2, 0.25) is 0 Å². The van der Waals surface area contributed by atoms with Crippen molar-refractivity contribution >= 4 is 23.6 Å². The number of carbonyl (C=O) groups excluding carboxylic acids is 2. The molecule has 0 aromatic carbocycles. The van der Waals surface area contributed by atoms with Gasteiger partial charge < -0.3 is 10.2 Å². The summed E-state index contributed by atoms with van der Waals surface area (Å²) in [5.74, 6) is 1.86. The topological polar surface area (TPSA) is 61.4 Å². The lowest BCUT2D eigenvalue weighted by atomic mass is 10.2. The number of nitrogens with zero attached hydrogens (tertiary/aromatic N) is 1. The minimum Gasteiger partial charge on any atom is -0.354 e. The van der Waals surface area contributed by atoms with E-state index in [0.29, 0.717) is 13.0 Å². The fraction of sp³-hybridized carbons (Fsp3) is 0.846. The van der Waals surface area contributed by atoms with Crippen LogP contribution in [0.25, 0.3) is 0 Å². The van der Waals surface area contributed by atoms with E-state index in [1.807, 2.05) is 4.90 Å². The third-order valence-electron chi connectivity index (χ3n) is 3.63. The summed E-state index contributed by atoms with van der Waals surface area (Å²) in [5, 5.41) is 5.97. The van der Waals surface area contributed by atoms with Gasteiger partial charge in [0, 0.05) is 37.7 Å². The van der Waals surface area contributed by atoms with Crippen molar-refractivity contribution in [3.63, 3.8) is 0 Å². The Hall–Kier alpha value is -0.750. The van der Waals surface area contributed by atoms with Gasteiger partial charge in [0.25, 0.3) is 0 Å². The lowest BCUT2D eigenvalue weighted by molar-refractivity contribution is -0.131. The van der Waals surface area contributed by atoms with Gasteiger partial charge in [0.15, 0.2) is 0 Å². The lowest BCUT2D eigenvalue weighted by Crippen LogP contribution is -2.43. The van der Waals surface area contributed by atoms with E-state index in [1.54, 1.807) is 11.8 Å². The van der Waals surface area contributed by atoms with Crippen molar-refractivity contribution in [1.82, 2.24) is 15.5 Å². The smallest absolute Gasteiger partial charge is 0.238 e. The van der Waals surface area contributed by atoms with Crippen molar-refractivity contribution in [2.75, 3.05) is 31.3 Å². The summed E-state index contributed by atoms with van der Waals surface area (Å²) in [6.07, 6.45) is 5.10. The maximum Gasteiger partial charge on any atom is 0.238 e. The first-order chi connectivity index (χ1) is 9.27. The molecule has 1 unspecified atom stereocenters. The Kier molecular flexibility index (Phi) is 5.97. The predicted molar refractivity (Wildman–Crippen MR) is 76.9 cm³/mol. The molecule has 108 valence electrons. The van der Waals surface area contributed by atoms with E-state index in [1.165, 1.54) is 12.8 Å². The van der Waals surface area contributed by atoms with Gasteiger partial charge in [-0.2, -0.15) is 0 Å². The molecule has 2 heterocycles. The third-order valence-corrected chi connectivity index (χ3v) is 4.57. The largest absolute Gasteiger partial charge is 0.354 e. The minimum absolute atomic E-state index is 0.0219. The Morgan fingerprint density at radius 3 is 2.58 bits per heavy atom. The summed E-state index contributed by atoms with van der Waals surface area (Å²) in [6.45, 7) is 2.22. The summed E-state index contributed by atoms with van der Waals surface area (Å²) >= 11 is 1.73. The highest BCUT2D eigenvalue weighted by atomic mass is 32.2. The fourth-order valence-corrected chi connectivity index (χ4v) is 3.40. The zero-order chi connectivity index (χ0) is 13.5. The van der Waals surface area contributed by atoms with Crippen LogP contribution in [0.4, 0.5) is 0 Å². The number of likely N-dealkylation sites (tertiary alicyclic amines) is 1. The number of rotatable bonds is 4. The van der Waals surface area contributed by atoms with Crippen LogP contribution in [0.3, 0.4) is 0 Å². The first kappa shape index (κ1) is 14.7. The molecule has 19 heavy (non-hydrogen) atoms. The molecule has 1 atom stereocenters. The first-order valence-corrected chi connectivity index (χ1v) is 8.29. The molecule has 0 radical (unpaired) electrons. The molecule has 2 fully saturated rings. The van der Waals surface area contributed by atoms with E-state index in [0.717, 1.165) is 37.6 Å². The molecule has 2 rings (SSSR count). The lowest BCUT2D eigenvalue weighted by Gasteiger charge is -2.20.